The highest BCUT2D eigenvalue weighted by Crippen LogP contribution is 2.38. The molecule has 11 rings (SSSR count). The van der Waals surface area contributed by atoms with Crippen LogP contribution >= 0.6 is 0 Å². The fraction of sp³-hybridized carbons (Fsp3) is 0. The predicted molar refractivity (Wildman–Crippen MR) is 233 cm³/mol. The largest absolute Gasteiger partial charge is 0.438 e. The molecule has 0 fully saturated rings. The minimum atomic E-state index is 0.670. The van der Waals surface area contributed by atoms with Crippen LogP contribution in [0.1, 0.15) is 0 Å². The zero-order chi connectivity index (χ0) is 37.0. The Morgan fingerprint density at radius 3 is 1.38 bits per heavy atom. The summed E-state index contributed by atoms with van der Waals surface area (Å²) in [5.74, 6) is 0. The molecule has 0 saturated heterocycles. The lowest BCUT2D eigenvalue weighted by molar-refractivity contribution is 0.654. The van der Waals surface area contributed by atoms with E-state index in [0.29, 0.717) is 5.71 Å². The number of hydrogen-bond donors (Lipinski definition) is 0. The molecular weight excluding hydrogens is 681 g/mol. The average Bonchev–Trinajstić information content (AvgIpc) is 3.82. The Kier molecular flexibility index (Phi) is 7.49. The van der Waals surface area contributed by atoms with Crippen LogP contribution in [0.5, 0.6) is 0 Å². The molecule has 11 aromatic rings. The molecule has 3 heterocycles. The van der Waals surface area contributed by atoms with Crippen LogP contribution in [0.4, 0.5) is 0 Å². The topological polar surface area (TPSA) is 31.0 Å². The second kappa shape index (κ2) is 13.1. The van der Waals surface area contributed by atoms with Gasteiger partial charge in [-0.3, -0.25) is 0 Å². The van der Waals surface area contributed by atoms with Gasteiger partial charge in [0.25, 0.3) is 0 Å². The number of benzene rings is 8. The van der Waals surface area contributed by atoms with E-state index in [0.717, 1.165) is 27.5 Å². The molecule has 0 amide bonds. The number of furan rings is 1. The zero-order valence-electron chi connectivity index (χ0n) is 30.4. The summed E-state index contributed by atoms with van der Waals surface area (Å²) in [6, 6.07) is 72.1. The molecule has 262 valence electrons. The van der Waals surface area contributed by atoms with Gasteiger partial charge in [0.2, 0.25) is 5.71 Å². The molecule has 0 unspecified atom stereocenters. The van der Waals surface area contributed by atoms with Crippen LogP contribution in [-0.4, -0.2) is 9.55 Å². The maximum absolute atomic E-state index is 5.98. The highest BCUT2D eigenvalue weighted by Gasteiger charge is 2.14. The fourth-order valence-electron chi connectivity index (χ4n) is 8.31. The molecule has 0 radical (unpaired) electrons. The van der Waals surface area contributed by atoms with Gasteiger partial charge < -0.3 is 8.98 Å². The number of para-hydroxylation sites is 2. The van der Waals surface area contributed by atoms with Gasteiger partial charge in [-0.15, -0.1) is 0 Å². The SMILES string of the molecule is c1ccc(-n2c3ccccc3c3cc(-c4cccc(-c5cccc(-c6cccc(-c7cccc(-c8ccc9oc%10ncccc%10c9c8)c7)c6)c5)c4)ccc32)cc1. The second-order valence-corrected chi connectivity index (χ2v) is 14.4. The van der Waals surface area contributed by atoms with E-state index < -0.39 is 0 Å². The molecular formula is C53H34N2O. The fourth-order valence-corrected chi connectivity index (χ4v) is 8.31. The van der Waals surface area contributed by atoms with Crippen molar-refractivity contribution in [1.29, 1.82) is 0 Å². The van der Waals surface area contributed by atoms with E-state index in [9.17, 15) is 0 Å². The lowest BCUT2D eigenvalue weighted by Gasteiger charge is -2.11. The summed E-state index contributed by atoms with van der Waals surface area (Å²) < 4.78 is 8.35. The molecule has 0 N–H and O–H groups in total. The first-order valence-electron chi connectivity index (χ1n) is 19.0. The van der Waals surface area contributed by atoms with E-state index in [-0.39, 0.29) is 0 Å². The van der Waals surface area contributed by atoms with Crippen LogP contribution in [0.15, 0.2) is 211 Å². The summed E-state index contributed by atoms with van der Waals surface area (Å²) in [6.07, 6.45) is 1.77. The van der Waals surface area contributed by atoms with Crippen molar-refractivity contribution >= 4 is 43.9 Å². The number of hydrogen-bond acceptors (Lipinski definition) is 2. The van der Waals surface area contributed by atoms with Crippen LogP contribution in [0, 0.1) is 0 Å². The van der Waals surface area contributed by atoms with Gasteiger partial charge in [0.05, 0.1) is 11.0 Å². The lowest BCUT2D eigenvalue weighted by atomic mass is 9.93. The molecule has 3 heteroatoms. The highest BCUT2D eigenvalue weighted by atomic mass is 16.3. The standard InChI is InChI=1S/C53H34N2O/c1-2-19-45(20-3-1)55-50-23-5-4-21-46(50)48-33-43(24-26-51(48)55)41-17-8-15-39(31-41)37-13-6-11-35(29-37)36-12-7-14-38(30-36)40-16-9-18-42(32-40)44-25-27-52-49(34-44)47-22-10-28-54-53(47)56-52/h1-34H. The smallest absolute Gasteiger partial charge is 0.227 e. The molecule has 0 spiro atoms. The summed E-state index contributed by atoms with van der Waals surface area (Å²) in [4.78, 5) is 4.41. The average molecular weight is 715 g/mol. The number of aromatic nitrogens is 2. The van der Waals surface area contributed by atoms with Gasteiger partial charge in [-0.1, -0.05) is 121 Å². The van der Waals surface area contributed by atoms with Gasteiger partial charge in [0.15, 0.2) is 0 Å². The van der Waals surface area contributed by atoms with Gasteiger partial charge in [-0.05, 0) is 134 Å². The minimum absolute atomic E-state index is 0.670. The third-order valence-electron chi connectivity index (χ3n) is 11.1. The Hall–Kier alpha value is -7.49. The summed E-state index contributed by atoms with van der Waals surface area (Å²) in [5.41, 5.74) is 16.9. The van der Waals surface area contributed by atoms with Crippen molar-refractivity contribution < 1.29 is 4.42 Å². The predicted octanol–water partition coefficient (Wildman–Crippen LogP) is 14.4. The van der Waals surface area contributed by atoms with Gasteiger partial charge in [0.1, 0.15) is 5.58 Å². The number of pyridine rings is 1. The molecule has 0 aliphatic carbocycles. The van der Waals surface area contributed by atoms with Crippen LogP contribution in [-0.2, 0) is 0 Å². The van der Waals surface area contributed by atoms with Crippen LogP contribution < -0.4 is 0 Å². The van der Waals surface area contributed by atoms with Crippen LogP contribution in [0.2, 0.25) is 0 Å². The van der Waals surface area contributed by atoms with E-state index in [1.54, 1.807) is 6.20 Å². The van der Waals surface area contributed by atoms with Crippen molar-refractivity contribution in [3.63, 3.8) is 0 Å². The number of nitrogens with zero attached hydrogens (tertiary/aromatic N) is 2. The Bertz CT molecular complexity index is 3260. The molecule has 8 aromatic carbocycles. The molecule has 0 aliphatic rings. The molecule has 0 aliphatic heterocycles. The van der Waals surface area contributed by atoms with Crippen molar-refractivity contribution in [2.45, 2.75) is 0 Å². The van der Waals surface area contributed by atoms with Crippen LogP contribution in [0.25, 0.3) is 105 Å². The first-order chi connectivity index (χ1) is 27.7. The van der Waals surface area contributed by atoms with Gasteiger partial charge in [-0.25, -0.2) is 4.98 Å². The minimum Gasteiger partial charge on any atom is -0.438 e. The quantitative estimate of drug-likeness (QED) is 0.172. The van der Waals surface area contributed by atoms with E-state index >= 15 is 0 Å². The van der Waals surface area contributed by atoms with Crippen molar-refractivity contribution in [2.24, 2.45) is 0 Å². The maximum atomic E-state index is 5.98. The van der Waals surface area contributed by atoms with Crippen molar-refractivity contribution in [3.05, 3.63) is 206 Å². The third kappa shape index (κ3) is 5.49. The van der Waals surface area contributed by atoms with Gasteiger partial charge >= 0.3 is 0 Å². The first-order valence-corrected chi connectivity index (χ1v) is 19.0. The second-order valence-electron chi connectivity index (χ2n) is 14.4. The van der Waals surface area contributed by atoms with E-state index in [4.69, 9.17) is 4.42 Å². The lowest BCUT2D eigenvalue weighted by Crippen LogP contribution is -1.92. The zero-order valence-corrected chi connectivity index (χ0v) is 30.4. The Labute approximate surface area is 324 Å². The van der Waals surface area contributed by atoms with E-state index in [1.807, 2.05) is 12.1 Å². The molecule has 0 saturated carbocycles. The van der Waals surface area contributed by atoms with Crippen molar-refractivity contribution in [3.8, 4) is 61.3 Å². The third-order valence-corrected chi connectivity index (χ3v) is 11.1. The highest BCUT2D eigenvalue weighted by molar-refractivity contribution is 6.10. The Balaban J connectivity index is 0.914. The van der Waals surface area contributed by atoms with Gasteiger partial charge in [0, 0.05) is 33.4 Å². The Morgan fingerprint density at radius 2 is 0.786 bits per heavy atom. The molecule has 0 bridgehead atoms. The van der Waals surface area contributed by atoms with E-state index in [2.05, 4.69) is 198 Å². The Morgan fingerprint density at radius 1 is 0.321 bits per heavy atom. The first kappa shape index (κ1) is 32.0. The molecule has 3 aromatic heterocycles. The van der Waals surface area contributed by atoms with Gasteiger partial charge in [-0.2, -0.15) is 0 Å². The molecule has 3 nitrogen and oxygen atoms in total. The molecule has 56 heavy (non-hydrogen) atoms. The summed E-state index contributed by atoms with van der Waals surface area (Å²) >= 11 is 0. The monoisotopic (exact) mass is 714 g/mol. The summed E-state index contributed by atoms with van der Waals surface area (Å²) in [5, 5.41) is 4.63. The number of rotatable bonds is 6. The summed E-state index contributed by atoms with van der Waals surface area (Å²) in [7, 11) is 0. The van der Waals surface area contributed by atoms with Crippen molar-refractivity contribution in [2.75, 3.05) is 0 Å². The van der Waals surface area contributed by atoms with E-state index in [1.165, 1.54) is 72.0 Å². The maximum Gasteiger partial charge on any atom is 0.227 e. The number of fused-ring (bicyclic) bond motifs is 6. The molecule has 0 atom stereocenters. The van der Waals surface area contributed by atoms with Crippen LogP contribution in [0.3, 0.4) is 0 Å². The normalized spacial score (nSPS) is 11.6. The summed E-state index contributed by atoms with van der Waals surface area (Å²) in [6.45, 7) is 0. The van der Waals surface area contributed by atoms with Crippen molar-refractivity contribution in [1.82, 2.24) is 9.55 Å².